The van der Waals surface area contributed by atoms with Gasteiger partial charge >= 0.3 is 6.85 Å². The van der Waals surface area contributed by atoms with Gasteiger partial charge in [0.1, 0.15) is 11.2 Å². The first-order valence-corrected chi connectivity index (χ1v) is 22.9. The summed E-state index contributed by atoms with van der Waals surface area (Å²) in [6, 6.07) is 70.0. The van der Waals surface area contributed by atoms with Gasteiger partial charge in [0.25, 0.3) is 0 Å². The zero-order chi connectivity index (χ0) is 43.3. The van der Waals surface area contributed by atoms with Crippen molar-refractivity contribution in [3.63, 3.8) is 0 Å². The lowest BCUT2D eigenvalue weighted by Crippen LogP contribution is -2.56. The van der Waals surface area contributed by atoms with Crippen molar-refractivity contribution in [1.82, 2.24) is 4.48 Å². The summed E-state index contributed by atoms with van der Waals surface area (Å²) in [5.41, 5.74) is 20.1. The van der Waals surface area contributed by atoms with Gasteiger partial charge in [0.05, 0.1) is 0 Å². The van der Waals surface area contributed by atoms with E-state index in [-0.39, 0.29) is 12.3 Å². The lowest BCUT2D eigenvalue weighted by molar-refractivity contribution is 0.601. The van der Waals surface area contributed by atoms with Crippen molar-refractivity contribution in [3.8, 4) is 33.4 Å². The number of rotatable bonds is 3. The molecule has 2 aliphatic rings. The van der Waals surface area contributed by atoms with Crippen LogP contribution in [0.15, 0.2) is 192 Å². The molecule has 0 saturated carbocycles. The van der Waals surface area contributed by atoms with Crippen molar-refractivity contribution in [3.05, 3.63) is 199 Å². The van der Waals surface area contributed by atoms with Gasteiger partial charge in [0.15, 0.2) is 0 Å². The maximum atomic E-state index is 7.09. The average molecular weight is 831 g/mol. The minimum absolute atomic E-state index is 0.132. The lowest BCUT2D eigenvalue weighted by Gasteiger charge is -2.41. The Morgan fingerprint density at radius 3 is 1.82 bits per heavy atom. The smallest absolute Gasteiger partial charge is 0.333 e. The number of hydrogen-bond donors (Lipinski definition) is 0. The normalized spacial score (nSPS) is 13.2. The number of anilines is 3. The van der Waals surface area contributed by atoms with Crippen LogP contribution in [0.1, 0.15) is 31.9 Å². The highest BCUT2D eigenvalue weighted by Gasteiger charge is 2.45. The monoisotopic (exact) mass is 830 g/mol. The number of aryl methyl sites for hydroxylation is 1. The van der Waals surface area contributed by atoms with Crippen LogP contribution in [0.25, 0.3) is 98.7 Å². The Hall–Kier alpha value is -7.82. The molecule has 65 heavy (non-hydrogen) atoms. The summed E-state index contributed by atoms with van der Waals surface area (Å²) in [5, 5.41) is 10.0. The molecule has 14 rings (SSSR count). The van der Waals surface area contributed by atoms with Gasteiger partial charge in [0, 0.05) is 60.8 Å². The van der Waals surface area contributed by atoms with Gasteiger partial charge in [-0.05, 0) is 121 Å². The summed E-state index contributed by atoms with van der Waals surface area (Å²) in [6.07, 6.45) is 0. The van der Waals surface area contributed by atoms with Gasteiger partial charge < -0.3 is 13.8 Å². The molecule has 0 aliphatic carbocycles. The molecule has 2 aliphatic heterocycles. The number of furan rings is 1. The number of nitrogens with zero attached hydrogens (tertiary/aromatic N) is 2. The standard InChI is InChI=1S/C61H43BN2O/c1-36-42-22-11-12-25-45(42)57(61(2,3)4)49-34-53-51(33-48(36)49)62-58-54(63(53)41-31-39(37-18-7-5-8-19-37)30-40(32-41)38-20-9-6-10-21-38)35-50-44-24-14-16-29-55(44)65-60(50)56(58)47-27-17-26-46-43-23-13-15-28-52(43)64(62)59(46)47/h5-35H,1-4H3. The molecule has 3 nitrogen and oxygen atoms in total. The summed E-state index contributed by atoms with van der Waals surface area (Å²) in [7, 11) is 0. The van der Waals surface area contributed by atoms with Gasteiger partial charge in [-0.15, -0.1) is 0 Å². The van der Waals surface area contributed by atoms with E-state index in [9.17, 15) is 0 Å². The fourth-order valence-corrected chi connectivity index (χ4v) is 11.9. The maximum absolute atomic E-state index is 7.09. The van der Waals surface area contributed by atoms with E-state index in [0.29, 0.717) is 0 Å². The van der Waals surface area contributed by atoms with E-state index in [1.807, 2.05) is 0 Å². The van der Waals surface area contributed by atoms with Gasteiger partial charge in [-0.2, -0.15) is 0 Å². The Balaban J connectivity index is 1.21. The summed E-state index contributed by atoms with van der Waals surface area (Å²) in [6.45, 7) is 9.31. The lowest BCUT2D eigenvalue weighted by atomic mass is 9.44. The first-order chi connectivity index (χ1) is 31.8. The van der Waals surface area contributed by atoms with Crippen molar-refractivity contribution < 1.29 is 4.42 Å². The Morgan fingerprint density at radius 1 is 0.477 bits per heavy atom. The van der Waals surface area contributed by atoms with Crippen LogP contribution in [0.3, 0.4) is 0 Å². The molecule has 2 aromatic heterocycles. The van der Waals surface area contributed by atoms with Crippen LogP contribution >= 0.6 is 0 Å². The third-order valence-electron chi connectivity index (χ3n) is 14.6. The second-order valence-corrected chi connectivity index (χ2v) is 19.2. The van der Waals surface area contributed by atoms with E-state index in [1.54, 1.807) is 0 Å². The Morgan fingerprint density at radius 2 is 1.09 bits per heavy atom. The van der Waals surface area contributed by atoms with Crippen molar-refractivity contribution >= 4 is 100 Å². The Bertz CT molecular complexity index is 3940. The summed E-state index contributed by atoms with van der Waals surface area (Å²) in [5.74, 6) is 0. The average Bonchev–Trinajstić information content (AvgIpc) is 3.88. The molecule has 0 spiro atoms. The van der Waals surface area contributed by atoms with E-state index in [0.717, 1.165) is 27.6 Å². The Labute approximate surface area is 377 Å². The molecule has 4 heteroatoms. The molecule has 0 fully saturated rings. The van der Waals surface area contributed by atoms with E-state index in [2.05, 4.69) is 225 Å². The molecule has 306 valence electrons. The SMILES string of the molecule is Cc1c2ccccc2c(C(C)(C)C)c2cc3c(cc12)B1c2c(cc4c(oc5ccccc54)c2-c2cccc4c5ccccc5n1c24)N3c1cc(-c2ccccc2)cc(-c2ccccc2)c1. The minimum Gasteiger partial charge on any atom is -0.455 e. The third kappa shape index (κ3) is 5.02. The second-order valence-electron chi connectivity index (χ2n) is 19.2. The first-order valence-electron chi connectivity index (χ1n) is 22.9. The molecule has 0 saturated heterocycles. The zero-order valence-electron chi connectivity index (χ0n) is 36.8. The van der Waals surface area contributed by atoms with Crippen LogP contribution in [0.2, 0.25) is 0 Å². The van der Waals surface area contributed by atoms with E-state index in [1.165, 1.54) is 110 Å². The second kappa shape index (κ2) is 13.1. The summed E-state index contributed by atoms with van der Waals surface area (Å²) in [4.78, 5) is 2.61. The Kier molecular flexibility index (Phi) is 7.40. The largest absolute Gasteiger partial charge is 0.455 e. The topological polar surface area (TPSA) is 21.3 Å². The molecule has 0 atom stereocenters. The molecule has 0 unspecified atom stereocenters. The molecule has 0 amide bonds. The summed E-state index contributed by atoms with van der Waals surface area (Å²) < 4.78 is 9.75. The fourth-order valence-electron chi connectivity index (χ4n) is 11.9. The van der Waals surface area contributed by atoms with Gasteiger partial charge in [0.2, 0.25) is 0 Å². The number of aromatic nitrogens is 1. The predicted molar refractivity (Wildman–Crippen MR) is 277 cm³/mol. The molecular weight excluding hydrogens is 787 g/mol. The van der Waals surface area contributed by atoms with Crippen LogP contribution in [0, 0.1) is 6.92 Å². The van der Waals surface area contributed by atoms with Crippen LogP contribution in [-0.4, -0.2) is 11.3 Å². The maximum Gasteiger partial charge on any atom is 0.333 e. The predicted octanol–water partition coefficient (Wildman–Crippen LogP) is 15.4. The van der Waals surface area contributed by atoms with Crippen molar-refractivity contribution in [2.45, 2.75) is 33.1 Å². The number of para-hydroxylation sites is 3. The third-order valence-corrected chi connectivity index (χ3v) is 14.6. The number of hydrogen-bond acceptors (Lipinski definition) is 2. The number of benzene rings is 10. The van der Waals surface area contributed by atoms with Crippen molar-refractivity contribution in [1.29, 1.82) is 0 Å². The van der Waals surface area contributed by atoms with Crippen LogP contribution < -0.4 is 15.8 Å². The minimum atomic E-state index is -0.139. The van der Waals surface area contributed by atoms with Crippen molar-refractivity contribution in [2.24, 2.45) is 0 Å². The first kappa shape index (κ1) is 36.6. The van der Waals surface area contributed by atoms with E-state index >= 15 is 0 Å². The molecule has 10 aromatic carbocycles. The molecule has 0 N–H and O–H groups in total. The van der Waals surface area contributed by atoms with Crippen molar-refractivity contribution in [2.75, 3.05) is 4.90 Å². The molecule has 0 bridgehead atoms. The highest BCUT2D eigenvalue weighted by Crippen LogP contribution is 2.51. The van der Waals surface area contributed by atoms with Crippen LogP contribution in [0.5, 0.6) is 0 Å². The van der Waals surface area contributed by atoms with Crippen LogP contribution in [-0.2, 0) is 5.41 Å². The highest BCUT2D eigenvalue weighted by molar-refractivity contribution is 6.90. The molecular formula is C61H43BN2O. The molecule has 4 heterocycles. The fraction of sp³-hybridized carbons (Fsp3) is 0.0820. The molecule has 12 aromatic rings. The van der Waals surface area contributed by atoms with Gasteiger partial charge in [-0.25, -0.2) is 0 Å². The zero-order valence-corrected chi connectivity index (χ0v) is 36.8. The van der Waals surface area contributed by atoms with Gasteiger partial charge in [-0.3, -0.25) is 0 Å². The van der Waals surface area contributed by atoms with E-state index in [4.69, 9.17) is 4.42 Å². The highest BCUT2D eigenvalue weighted by atomic mass is 16.3. The molecule has 0 radical (unpaired) electrons. The van der Waals surface area contributed by atoms with Crippen LogP contribution in [0.4, 0.5) is 17.1 Å². The summed E-state index contributed by atoms with van der Waals surface area (Å²) >= 11 is 0. The quantitative estimate of drug-likeness (QED) is 0.131. The van der Waals surface area contributed by atoms with Gasteiger partial charge in [-0.1, -0.05) is 166 Å². The number of fused-ring (bicyclic) bond motifs is 13. The van der Waals surface area contributed by atoms with E-state index < -0.39 is 0 Å².